The number of aliphatic hydroxyl groups is 1. The van der Waals surface area contributed by atoms with E-state index < -0.39 is 47.7 Å². The third kappa shape index (κ3) is 5.38. The Bertz CT molecular complexity index is 933. The third-order valence-corrected chi connectivity index (χ3v) is 8.03. The van der Waals surface area contributed by atoms with E-state index in [2.05, 4.69) is 18.5 Å². The topological polar surface area (TPSA) is 125 Å². The van der Waals surface area contributed by atoms with E-state index in [-0.39, 0.29) is 36.9 Å². The van der Waals surface area contributed by atoms with Gasteiger partial charge in [-0.25, -0.2) is 0 Å². The van der Waals surface area contributed by atoms with Gasteiger partial charge in [0.15, 0.2) is 0 Å². The van der Waals surface area contributed by atoms with Crippen LogP contribution in [0.4, 0.5) is 0 Å². The van der Waals surface area contributed by atoms with Crippen LogP contribution >= 0.6 is 0 Å². The summed E-state index contributed by atoms with van der Waals surface area (Å²) in [6, 6.07) is -1.69. The fraction of sp³-hybridized carbons (Fsp3) is 0.714. The number of hydrogen-bond acceptors (Lipinski definition) is 7. The van der Waals surface area contributed by atoms with Gasteiger partial charge < -0.3 is 29.7 Å². The fourth-order valence-electron chi connectivity index (χ4n) is 6.19. The number of amides is 3. The molecule has 0 aromatic carbocycles. The first-order chi connectivity index (χ1) is 18.1. The molecule has 2 N–H and O–H groups in total. The highest BCUT2D eigenvalue weighted by atomic mass is 16.6. The number of aliphatic hydroxyl groups excluding tert-OH is 1. The second-order valence-electron chi connectivity index (χ2n) is 10.8. The van der Waals surface area contributed by atoms with Crippen LogP contribution in [0.25, 0.3) is 0 Å². The van der Waals surface area contributed by atoms with Crippen molar-refractivity contribution in [3.05, 3.63) is 25.3 Å². The van der Waals surface area contributed by atoms with Gasteiger partial charge in [-0.3, -0.25) is 19.2 Å². The number of nitrogens with zero attached hydrogens (tertiary/aromatic N) is 2. The van der Waals surface area contributed by atoms with Gasteiger partial charge >= 0.3 is 5.97 Å². The summed E-state index contributed by atoms with van der Waals surface area (Å²) in [6.07, 6.45) is 4.43. The molecule has 3 aliphatic heterocycles. The number of nitrogens with one attached hydrogen (secondary N) is 1. The highest BCUT2D eigenvalue weighted by Crippen LogP contribution is 2.59. The Balaban J connectivity index is 1.87. The minimum atomic E-state index is -1.17. The van der Waals surface area contributed by atoms with Gasteiger partial charge in [-0.2, -0.15) is 0 Å². The second-order valence-corrected chi connectivity index (χ2v) is 10.8. The van der Waals surface area contributed by atoms with Gasteiger partial charge in [0.1, 0.15) is 17.7 Å². The lowest BCUT2D eigenvalue weighted by atomic mass is 9.70. The Hall–Kier alpha value is -2.72. The maximum atomic E-state index is 14.0. The SMILES string of the molecule is C=CCCC(=O)NC[C@@H](C)OC(=O)[C@@H]1[C@@H]2CC[C@]3(O2)[C@H](C(=O)N(CC=C)C(C)C)N([C@@H](CC)CO)C(=O)[C@@H]13. The van der Waals surface area contributed by atoms with Crippen LogP contribution in [0.5, 0.6) is 0 Å². The van der Waals surface area contributed by atoms with Crippen LogP contribution in [0.1, 0.15) is 59.8 Å². The molecule has 3 fully saturated rings. The summed E-state index contributed by atoms with van der Waals surface area (Å²) in [4.78, 5) is 56.5. The standard InChI is InChI=1S/C28H43N3O7/c1-7-10-11-21(33)29-15-18(6)37-27(36)22-20-12-13-28(38-20)23(22)25(34)31(19(9-3)16-32)24(28)26(35)30(14-8-2)17(4)5/h7-8,17-20,22-24,32H,1-2,9-16H2,3-6H3,(H,29,33)/t18-,19+,20+,22-,23-,24+,28-/m1/s1. The second kappa shape index (κ2) is 12.4. The minimum Gasteiger partial charge on any atom is -0.460 e. The van der Waals surface area contributed by atoms with Gasteiger partial charge in [0, 0.05) is 19.0 Å². The lowest BCUT2D eigenvalue weighted by Crippen LogP contribution is -2.59. The van der Waals surface area contributed by atoms with Crippen molar-refractivity contribution in [1.82, 2.24) is 15.1 Å². The van der Waals surface area contributed by atoms with Gasteiger partial charge in [-0.15, -0.1) is 13.2 Å². The number of likely N-dealkylation sites (tertiary alicyclic amines) is 1. The highest BCUT2D eigenvalue weighted by Gasteiger charge is 2.75. The summed E-state index contributed by atoms with van der Waals surface area (Å²) in [5.41, 5.74) is -1.17. The molecule has 0 aromatic heterocycles. The molecule has 212 valence electrons. The maximum absolute atomic E-state index is 14.0. The van der Waals surface area contributed by atoms with Crippen LogP contribution in [-0.4, -0.2) is 94.2 Å². The van der Waals surface area contributed by atoms with E-state index in [0.717, 1.165) is 0 Å². The van der Waals surface area contributed by atoms with E-state index in [1.807, 2.05) is 20.8 Å². The zero-order valence-electron chi connectivity index (χ0n) is 23.1. The molecule has 0 unspecified atom stereocenters. The number of carbonyl (C=O) groups excluding carboxylic acids is 4. The highest BCUT2D eigenvalue weighted by molar-refractivity contribution is 5.98. The first-order valence-electron chi connectivity index (χ1n) is 13.7. The monoisotopic (exact) mass is 533 g/mol. The molecule has 3 rings (SSSR count). The van der Waals surface area contributed by atoms with Crippen molar-refractivity contribution in [2.24, 2.45) is 11.8 Å². The van der Waals surface area contributed by atoms with Gasteiger partial charge in [0.2, 0.25) is 17.7 Å². The lowest BCUT2D eigenvalue weighted by molar-refractivity contribution is -0.160. The van der Waals surface area contributed by atoms with Gasteiger partial charge in [-0.05, 0) is 46.5 Å². The first kappa shape index (κ1) is 29.8. The van der Waals surface area contributed by atoms with Crippen molar-refractivity contribution in [3.63, 3.8) is 0 Å². The quantitative estimate of drug-likeness (QED) is 0.256. The first-order valence-corrected chi connectivity index (χ1v) is 13.7. The summed E-state index contributed by atoms with van der Waals surface area (Å²) in [6.45, 7) is 14.8. The molecule has 2 bridgehead atoms. The van der Waals surface area contributed by atoms with Crippen LogP contribution in [-0.2, 0) is 28.7 Å². The number of hydrogen-bond donors (Lipinski definition) is 2. The van der Waals surface area contributed by atoms with E-state index in [4.69, 9.17) is 9.47 Å². The number of allylic oxidation sites excluding steroid dienone is 1. The van der Waals surface area contributed by atoms with Crippen molar-refractivity contribution < 1.29 is 33.8 Å². The van der Waals surface area contributed by atoms with E-state index in [9.17, 15) is 24.3 Å². The summed E-state index contributed by atoms with van der Waals surface area (Å²) in [5, 5.41) is 12.9. The van der Waals surface area contributed by atoms with Crippen LogP contribution in [0.15, 0.2) is 25.3 Å². The molecule has 3 saturated heterocycles. The van der Waals surface area contributed by atoms with E-state index in [1.54, 1.807) is 24.0 Å². The molecular formula is C28H43N3O7. The molecule has 10 heteroatoms. The number of ether oxygens (including phenoxy) is 2. The van der Waals surface area contributed by atoms with Crippen LogP contribution in [0.3, 0.4) is 0 Å². The number of esters is 1. The number of rotatable bonds is 14. The Morgan fingerprint density at radius 1 is 1.29 bits per heavy atom. The number of carbonyl (C=O) groups is 4. The van der Waals surface area contributed by atoms with Gasteiger partial charge in [-0.1, -0.05) is 19.1 Å². The summed E-state index contributed by atoms with van der Waals surface area (Å²) in [5.74, 6) is -3.11. The predicted octanol–water partition coefficient (Wildman–Crippen LogP) is 1.57. The normalized spacial score (nSPS) is 29.1. The lowest BCUT2D eigenvalue weighted by Gasteiger charge is -2.40. The molecule has 0 saturated carbocycles. The maximum Gasteiger partial charge on any atom is 0.312 e. The predicted molar refractivity (Wildman–Crippen MR) is 141 cm³/mol. The molecule has 10 nitrogen and oxygen atoms in total. The van der Waals surface area contributed by atoms with E-state index in [0.29, 0.717) is 38.6 Å². The van der Waals surface area contributed by atoms with Crippen molar-refractivity contribution in [3.8, 4) is 0 Å². The molecule has 0 radical (unpaired) electrons. The molecule has 3 aliphatic rings. The minimum absolute atomic E-state index is 0.143. The Labute approximate surface area is 225 Å². The van der Waals surface area contributed by atoms with Crippen LogP contribution in [0.2, 0.25) is 0 Å². The average molecular weight is 534 g/mol. The fourth-order valence-corrected chi connectivity index (χ4v) is 6.19. The molecule has 3 heterocycles. The molecular weight excluding hydrogens is 490 g/mol. The summed E-state index contributed by atoms with van der Waals surface area (Å²) >= 11 is 0. The number of fused-ring (bicyclic) bond motifs is 1. The van der Waals surface area contributed by atoms with Gasteiger partial charge in [0.05, 0.1) is 37.1 Å². The molecule has 3 amide bonds. The third-order valence-electron chi connectivity index (χ3n) is 8.03. The van der Waals surface area contributed by atoms with Gasteiger partial charge in [0.25, 0.3) is 0 Å². The summed E-state index contributed by atoms with van der Waals surface area (Å²) in [7, 11) is 0. The largest absolute Gasteiger partial charge is 0.460 e. The van der Waals surface area contributed by atoms with Crippen molar-refractivity contribution in [1.29, 1.82) is 0 Å². The van der Waals surface area contributed by atoms with Crippen LogP contribution in [0, 0.1) is 11.8 Å². The Morgan fingerprint density at radius 3 is 2.58 bits per heavy atom. The van der Waals surface area contributed by atoms with Crippen molar-refractivity contribution in [2.75, 3.05) is 19.7 Å². The molecule has 7 atom stereocenters. The molecule has 1 spiro atoms. The molecule has 38 heavy (non-hydrogen) atoms. The zero-order valence-corrected chi connectivity index (χ0v) is 23.1. The molecule has 0 aliphatic carbocycles. The molecule has 0 aromatic rings. The van der Waals surface area contributed by atoms with Crippen molar-refractivity contribution in [2.45, 2.75) is 95.7 Å². The average Bonchev–Trinajstić information content (AvgIpc) is 3.52. The van der Waals surface area contributed by atoms with E-state index in [1.165, 1.54) is 4.90 Å². The summed E-state index contributed by atoms with van der Waals surface area (Å²) < 4.78 is 12.1. The zero-order chi connectivity index (χ0) is 28.2. The Morgan fingerprint density at radius 2 is 2.00 bits per heavy atom. The van der Waals surface area contributed by atoms with Crippen molar-refractivity contribution >= 4 is 23.7 Å². The smallest absolute Gasteiger partial charge is 0.312 e. The van der Waals surface area contributed by atoms with E-state index >= 15 is 0 Å². The van der Waals surface area contributed by atoms with Crippen LogP contribution < -0.4 is 5.32 Å². The Kier molecular flexibility index (Phi) is 9.75.